The van der Waals surface area contributed by atoms with E-state index in [0.717, 1.165) is 18.4 Å². The SMILES string of the molecule is COc1ccc(OC)c([C@@H](C(=O)NCc2ccco2)N(C(=O)Cn2nnc3ccccc32)C2CC2)c1. The largest absolute Gasteiger partial charge is 0.497 e. The fraction of sp³-hybridized carbons (Fsp3) is 0.308. The summed E-state index contributed by atoms with van der Waals surface area (Å²) in [6.45, 7) is 0.139. The zero-order chi connectivity index (χ0) is 25.1. The number of fused-ring (bicyclic) bond motifs is 1. The number of ether oxygens (including phenoxy) is 2. The summed E-state index contributed by atoms with van der Waals surface area (Å²) in [4.78, 5) is 29.2. The van der Waals surface area contributed by atoms with E-state index in [1.165, 1.54) is 7.11 Å². The molecule has 5 rings (SSSR count). The molecule has 1 atom stereocenters. The number of benzene rings is 2. The van der Waals surface area contributed by atoms with Gasteiger partial charge in [-0.3, -0.25) is 9.59 Å². The molecule has 10 heteroatoms. The van der Waals surface area contributed by atoms with Gasteiger partial charge in [0, 0.05) is 11.6 Å². The number of nitrogens with one attached hydrogen (secondary N) is 1. The highest BCUT2D eigenvalue weighted by molar-refractivity contribution is 5.90. The fourth-order valence-electron chi connectivity index (χ4n) is 4.31. The number of carbonyl (C=O) groups excluding carboxylic acids is 2. The molecular weight excluding hydrogens is 462 g/mol. The van der Waals surface area contributed by atoms with Crippen LogP contribution in [0.25, 0.3) is 11.0 Å². The molecular formula is C26H27N5O5. The molecule has 2 amide bonds. The van der Waals surface area contributed by atoms with Gasteiger partial charge in [-0.25, -0.2) is 4.68 Å². The van der Waals surface area contributed by atoms with E-state index in [1.54, 1.807) is 53.3 Å². The molecule has 1 aliphatic rings. The number of aromatic nitrogens is 3. The lowest BCUT2D eigenvalue weighted by Crippen LogP contribution is -2.46. The van der Waals surface area contributed by atoms with E-state index in [1.807, 2.05) is 24.3 Å². The summed E-state index contributed by atoms with van der Waals surface area (Å²) in [6.07, 6.45) is 3.16. The molecule has 186 valence electrons. The van der Waals surface area contributed by atoms with E-state index in [4.69, 9.17) is 13.9 Å². The lowest BCUT2D eigenvalue weighted by molar-refractivity contribution is -0.142. The maximum atomic E-state index is 13.8. The highest BCUT2D eigenvalue weighted by Crippen LogP contribution is 2.39. The molecule has 0 aliphatic heterocycles. The number of hydrogen-bond acceptors (Lipinski definition) is 7. The molecule has 2 heterocycles. The monoisotopic (exact) mass is 489 g/mol. The molecule has 2 aromatic carbocycles. The number of amides is 2. The lowest BCUT2D eigenvalue weighted by Gasteiger charge is -2.32. The van der Waals surface area contributed by atoms with Gasteiger partial charge < -0.3 is 24.1 Å². The number of rotatable bonds is 10. The summed E-state index contributed by atoms with van der Waals surface area (Å²) in [5.41, 5.74) is 1.99. The van der Waals surface area contributed by atoms with Crippen molar-refractivity contribution in [3.8, 4) is 11.5 Å². The van der Waals surface area contributed by atoms with Gasteiger partial charge in [0.2, 0.25) is 11.8 Å². The molecule has 0 radical (unpaired) electrons. The standard InChI is InChI=1S/C26H27N5O5/c1-34-18-11-12-23(35-2)20(14-18)25(26(33)27-15-19-6-5-13-36-19)31(17-9-10-17)24(32)16-30-22-8-4-3-7-21(22)28-29-30/h3-8,11-14,17,25H,9-10,15-16H2,1-2H3,(H,27,33)/t25-/m0/s1. The van der Waals surface area contributed by atoms with Crippen LogP contribution in [0.2, 0.25) is 0 Å². The van der Waals surface area contributed by atoms with Gasteiger partial charge in [-0.2, -0.15) is 0 Å². The van der Waals surface area contributed by atoms with Gasteiger partial charge in [-0.15, -0.1) is 5.10 Å². The van der Waals surface area contributed by atoms with Gasteiger partial charge in [0.15, 0.2) is 0 Å². The van der Waals surface area contributed by atoms with Crippen molar-refractivity contribution in [2.75, 3.05) is 14.2 Å². The summed E-state index contributed by atoms with van der Waals surface area (Å²) in [7, 11) is 3.09. The van der Waals surface area contributed by atoms with Crippen molar-refractivity contribution in [1.82, 2.24) is 25.2 Å². The molecule has 0 saturated heterocycles. The molecule has 0 spiro atoms. The van der Waals surface area contributed by atoms with Crippen molar-refractivity contribution >= 4 is 22.8 Å². The second kappa shape index (κ2) is 10.1. The summed E-state index contributed by atoms with van der Waals surface area (Å²) in [6, 6.07) is 15.2. The van der Waals surface area contributed by atoms with E-state index in [-0.39, 0.29) is 30.9 Å². The van der Waals surface area contributed by atoms with Gasteiger partial charge in [0.1, 0.15) is 35.4 Å². The molecule has 2 aromatic heterocycles. The minimum atomic E-state index is -0.945. The third-order valence-electron chi connectivity index (χ3n) is 6.21. The maximum absolute atomic E-state index is 13.8. The van der Waals surface area contributed by atoms with Gasteiger partial charge in [-0.05, 0) is 55.3 Å². The van der Waals surface area contributed by atoms with Crippen LogP contribution in [0, 0.1) is 0 Å². The van der Waals surface area contributed by atoms with Gasteiger partial charge >= 0.3 is 0 Å². The van der Waals surface area contributed by atoms with Crippen LogP contribution in [0.15, 0.2) is 65.3 Å². The number of carbonyl (C=O) groups is 2. The minimum absolute atomic E-state index is 0.0503. The molecule has 4 aromatic rings. The quantitative estimate of drug-likeness (QED) is 0.364. The number of hydrogen-bond donors (Lipinski definition) is 1. The van der Waals surface area contributed by atoms with Gasteiger partial charge in [-0.1, -0.05) is 17.3 Å². The number of furan rings is 1. The van der Waals surface area contributed by atoms with Crippen LogP contribution in [0.3, 0.4) is 0 Å². The Labute approximate surface area is 207 Å². The average Bonchev–Trinajstić information content (AvgIpc) is 3.44. The summed E-state index contributed by atoms with van der Waals surface area (Å²) in [5, 5.41) is 11.2. The third kappa shape index (κ3) is 4.74. The molecule has 36 heavy (non-hydrogen) atoms. The molecule has 0 bridgehead atoms. The number of methoxy groups -OCH3 is 2. The van der Waals surface area contributed by atoms with Crippen LogP contribution in [0.1, 0.15) is 30.2 Å². The van der Waals surface area contributed by atoms with Gasteiger partial charge in [0.05, 0.1) is 32.5 Å². The van der Waals surface area contributed by atoms with Crippen LogP contribution in [-0.4, -0.2) is 52.0 Å². The Hall–Kier alpha value is -4.34. The highest BCUT2D eigenvalue weighted by Gasteiger charge is 2.42. The van der Waals surface area contributed by atoms with E-state index in [9.17, 15) is 9.59 Å². The molecule has 10 nitrogen and oxygen atoms in total. The predicted octanol–water partition coefficient (Wildman–Crippen LogP) is 3.09. The Morgan fingerprint density at radius 2 is 1.97 bits per heavy atom. The molecule has 1 N–H and O–H groups in total. The van der Waals surface area contributed by atoms with Crippen LogP contribution >= 0.6 is 0 Å². The lowest BCUT2D eigenvalue weighted by atomic mass is 10.0. The molecule has 1 saturated carbocycles. The topological polar surface area (TPSA) is 112 Å². The first-order chi connectivity index (χ1) is 17.6. The van der Waals surface area contributed by atoms with E-state index in [2.05, 4.69) is 15.6 Å². The Morgan fingerprint density at radius 3 is 2.69 bits per heavy atom. The fourth-order valence-corrected chi connectivity index (χ4v) is 4.31. The second-order valence-corrected chi connectivity index (χ2v) is 8.58. The zero-order valence-electron chi connectivity index (χ0n) is 20.1. The average molecular weight is 490 g/mol. The summed E-state index contributed by atoms with van der Waals surface area (Å²) < 4.78 is 18.0. The van der Waals surface area contributed by atoms with Crippen molar-refractivity contribution in [2.45, 2.75) is 38.0 Å². The first kappa shape index (κ1) is 23.4. The zero-order valence-corrected chi connectivity index (χ0v) is 20.1. The molecule has 1 aliphatic carbocycles. The Morgan fingerprint density at radius 1 is 1.14 bits per heavy atom. The van der Waals surface area contributed by atoms with Crippen LogP contribution in [0.4, 0.5) is 0 Å². The number of nitrogens with zero attached hydrogens (tertiary/aromatic N) is 4. The van der Waals surface area contributed by atoms with Crippen molar-refractivity contribution in [2.24, 2.45) is 0 Å². The van der Waals surface area contributed by atoms with Crippen LogP contribution < -0.4 is 14.8 Å². The Balaban J connectivity index is 1.51. The van der Waals surface area contributed by atoms with E-state index in [0.29, 0.717) is 28.3 Å². The number of para-hydroxylation sites is 1. The van der Waals surface area contributed by atoms with Crippen molar-refractivity contribution in [3.05, 3.63) is 72.2 Å². The molecule has 1 fully saturated rings. The second-order valence-electron chi connectivity index (χ2n) is 8.58. The summed E-state index contributed by atoms with van der Waals surface area (Å²) in [5.74, 6) is 1.06. The highest BCUT2D eigenvalue weighted by atomic mass is 16.5. The van der Waals surface area contributed by atoms with E-state index < -0.39 is 6.04 Å². The minimum Gasteiger partial charge on any atom is -0.497 e. The third-order valence-corrected chi connectivity index (χ3v) is 6.21. The maximum Gasteiger partial charge on any atom is 0.247 e. The normalized spacial score (nSPS) is 13.8. The van der Waals surface area contributed by atoms with E-state index >= 15 is 0 Å². The first-order valence-corrected chi connectivity index (χ1v) is 11.7. The van der Waals surface area contributed by atoms with Gasteiger partial charge in [0.25, 0.3) is 0 Å². The van der Waals surface area contributed by atoms with Crippen LogP contribution in [0.5, 0.6) is 11.5 Å². The van der Waals surface area contributed by atoms with Crippen LogP contribution in [-0.2, 0) is 22.7 Å². The van der Waals surface area contributed by atoms with Crippen molar-refractivity contribution < 1.29 is 23.5 Å². The first-order valence-electron chi connectivity index (χ1n) is 11.7. The smallest absolute Gasteiger partial charge is 0.247 e. The predicted molar refractivity (Wildman–Crippen MR) is 130 cm³/mol. The Bertz CT molecular complexity index is 1360. The van der Waals surface area contributed by atoms with Crippen molar-refractivity contribution in [3.63, 3.8) is 0 Å². The molecule has 0 unspecified atom stereocenters. The van der Waals surface area contributed by atoms with Crippen molar-refractivity contribution in [1.29, 1.82) is 0 Å². The summed E-state index contributed by atoms with van der Waals surface area (Å²) >= 11 is 0. The Kier molecular flexibility index (Phi) is 6.57.